The highest BCUT2D eigenvalue weighted by Gasteiger charge is 2.25. The number of benzene rings is 3. The van der Waals surface area contributed by atoms with Crippen molar-refractivity contribution in [2.75, 3.05) is 26.4 Å². The highest BCUT2D eigenvalue weighted by Crippen LogP contribution is 2.32. The fourth-order valence-electron chi connectivity index (χ4n) is 3.15. The second-order valence-corrected chi connectivity index (χ2v) is 8.26. The summed E-state index contributed by atoms with van der Waals surface area (Å²) in [5.41, 5.74) is 1.42. The second kappa shape index (κ2) is 12.8. The maximum Gasteiger partial charge on any atom is 0.165 e. The van der Waals surface area contributed by atoms with Gasteiger partial charge >= 0.3 is 0 Å². The van der Waals surface area contributed by atoms with Gasteiger partial charge in [-0.05, 0) is 48.4 Å². The van der Waals surface area contributed by atoms with Gasteiger partial charge < -0.3 is 14.2 Å². The van der Waals surface area contributed by atoms with Gasteiger partial charge in [-0.25, -0.2) is 8.78 Å². The summed E-state index contributed by atoms with van der Waals surface area (Å²) in [6.07, 6.45) is 0.420. The molecule has 0 aromatic heterocycles. The summed E-state index contributed by atoms with van der Waals surface area (Å²) in [5, 5.41) is 0.753. The topological polar surface area (TPSA) is 27.7 Å². The van der Waals surface area contributed by atoms with E-state index < -0.39 is 11.6 Å². The van der Waals surface area contributed by atoms with Crippen molar-refractivity contribution >= 4 is 24.2 Å². The number of rotatable bonds is 7. The minimum Gasteiger partial charge on any atom is -0.490 e. The largest absolute Gasteiger partial charge is 0.490 e. The molecule has 0 bridgehead atoms. The Labute approximate surface area is 197 Å². The average molecular weight is 479 g/mol. The smallest absolute Gasteiger partial charge is 0.165 e. The molecule has 0 N–H and O–H groups in total. The third kappa shape index (κ3) is 7.78. The van der Waals surface area contributed by atoms with Crippen LogP contribution >= 0.6 is 24.2 Å². The van der Waals surface area contributed by atoms with Crippen LogP contribution in [0.2, 0.25) is 5.02 Å². The third-order valence-electron chi connectivity index (χ3n) is 4.78. The number of hydrogen-bond acceptors (Lipinski definition) is 4. The summed E-state index contributed by atoms with van der Waals surface area (Å²) in [4.78, 5) is 0.939. The molecule has 4 rings (SSSR count). The van der Waals surface area contributed by atoms with Crippen molar-refractivity contribution in [3.63, 3.8) is 0 Å². The lowest BCUT2D eigenvalue weighted by Gasteiger charge is -2.25. The van der Waals surface area contributed by atoms with Crippen molar-refractivity contribution in [2.24, 2.45) is 5.92 Å². The molecule has 0 spiro atoms. The van der Waals surface area contributed by atoms with Crippen molar-refractivity contribution in [1.82, 2.24) is 0 Å². The fourth-order valence-corrected chi connectivity index (χ4v) is 3.43. The molecule has 0 saturated carbocycles. The van der Waals surface area contributed by atoms with Crippen molar-refractivity contribution < 1.29 is 23.0 Å². The van der Waals surface area contributed by atoms with E-state index in [2.05, 4.69) is 12.6 Å². The highest BCUT2D eigenvalue weighted by atomic mass is 35.5. The molecule has 0 saturated heterocycles. The summed E-state index contributed by atoms with van der Waals surface area (Å²) in [6, 6.07) is 19.5. The molecule has 3 nitrogen and oxygen atoms in total. The fraction of sp³-hybridized carbons (Fsp3) is 0.280. The predicted molar refractivity (Wildman–Crippen MR) is 125 cm³/mol. The molecule has 7 heteroatoms. The molecule has 1 atom stereocenters. The molecule has 0 radical (unpaired) electrons. The zero-order chi connectivity index (χ0) is 22.8. The number of halogens is 3. The molecule has 3 aromatic carbocycles. The van der Waals surface area contributed by atoms with Crippen LogP contribution in [0.4, 0.5) is 8.78 Å². The van der Waals surface area contributed by atoms with Gasteiger partial charge in [0.15, 0.2) is 11.6 Å². The minimum absolute atomic E-state index is 0.0166. The van der Waals surface area contributed by atoms with Gasteiger partial charge in [0.2, 0.25) is 0 Å². The van der Waals surface area contributed by atoms with Crippen LogP contribution in [0.5, 0.6) is 5.75 Å². The summed E-state index contributed by atoms with van der Waals surface area (Å²) < 4.78 is 43.8. The minimum atomic E-state index is -0.514. The summed E-state index contributed by atoms with van der Waals surface area (Å²) in [6.45, 7) is 2.26. The van der Waals surface area contributed by atoms with E-state index in [4.69, 9.17) is 25.8 Å². The van der Waals surface area contributed by atoms with Crippen molar-refractivity contribution in [2.45, 2.75) is 17.9 Å². The van der Waals surface area contributed by atoms with Gasteiger partial charge in [-0.15, -0.1) is 12.6 Å². The first-order valence-corrected chi connectivity index (χ1v) is 11.1. The quantitative estimate of drug-likeness (QED) is 0.315. The average Bonchev–Trinajstić information content (AvgIpc) is 2.82. The lowest BCUT2D eigenvalue weighted by Crippen LogP contribution is -2.27. The second-order valence-electron chi connectivity index (χ2n) is 7.31. The third-order valence-corrected chi connectivity index (χ3v) is 5.33. The van der Waals surface area contributed by atoms with Crippen molar-refractivity contribution in [1.29, 1.82) is 0 Å². The molecule has 0 aliphatic carbocycles. The molecular weight excluding hydrogens is 454 g/mol. The first kappa shape index (κ1) is 24.5. The molecule has 170 valence electrons. The maximum absolute atomic E-state index is 13.8. The molecule has 1 heterocycles. The Bertz CT molecular complexity index is 950. The van der Waals surface area contributed by atoms with E-state index >= 15 is 0 Å². The zero-order valence-electron chi connectivity index (χ0n) is 17.5. The van der Waals surface area contributed by atoms with Gasteiger partial charge in [0, 0.05) is 21.4 Å². The van der Waals surface area contributed by atoms with Crippen molar-refractivity contribution in [3.8, 4) is 5.75 Å². The van der Waals surface area contributed by atoms with E-state index in [9.17, 15) is 8.78 Å². The van der Waals surface area contributed by atoms with Crippen LogP contribution in [0, 0.1) is 17.6 Å². The van der Waals surface area contributed by atoms with Crippen molar-refractivity contribution in [3.05, 3.63) is 94.5 Å². The molecule has 1 aliphatic heterocycles. The molecule has 3 aromatic rings. The monoisotopic (exact) mass is 478 g/mol. The summed E-state index contributed by atoms with van der Waals surface area (Å²) in [7, 11) is 0. The summed E-state index contributed by atoms with van der Waals surface area (Å²) in [5.74, 6) is -0.886. The van der Waals surface area contributed by atoms with E-state index in [-0.39, 0.29) is 11.7 Å². The zero-order valence-corrected chi connectivity index (χ0v) is 19.1. The Balaban J connectivity index is 0.000000305. The Morgan fingerprint density at radius 1 is 0.906 bits per heavy atom. The predicted octanol–water partition coefficient (Wildman–Crippen LogP) is 6.38. The molecule has 0 amide bonds. The van der Waals surface area contributed by atoms with Gasteiger partial charge in [-0.2, -0.15) is 0 Å². The van der Waals surface area contributed by atoms with Gasteiger partial charge in [-0.3, -0.25) is 0 Å². The van der Waals surface area contributed by atoms with Crippen LogP contribution < -0.4 is 4.74 Å². The normalized spacial score (nSPS) is 14.7. The van der Waals surface area contributed by atoms with E-state index in [1.807, 2.05) is 54.6 Å². The first-order valence-electron chi connectivity index (χ1n) is 10.3. The van der Waals surface area contributed by atoms with Gasteiger partial charge in [-0.1, -0.05) is 41.9 Å². The number of hydrogen-bond donors (Lipinski definition) is 1. The van der Waals surface area contributed by atoms with E-state index in [1.165, 1.54) is 0 Å². The number of thiol groups is 1. The van der Waals surface area contributed by atoms with Gasteiger partial charge in [0.1, 0.15) is 5.82 Å². The van der Waals surface area contributed by atoms with Crippen LogP contribution in [-0.2, 0) is 22.5 Å². The molecular formula is C25H25ClF2O3S. The lowest BCUT2D eigenvalue weighted by molar-refractivity contribution is 0.0172. The van der Waals surface area contributed by atoms with Gasteiger partial charge in [0.05, 0.1) is 33.0 Å². The molecule has 0 fully saturated rings. The van der Waals surface area contributed by atoms with Crippen LogP contribution in [0.15, 0.2) is 71.6 Å². The molecule has 1 aliphatic rings. The molecule has 1 unspecified atom stereocenters. The standard InChI is InChI=1S/C19H20F2O3.C6H5ClS/c20-17-6-7-18(21)19-16(17)10-15(13-24-19)12-23-9-8-22-11-14-4-2-1-3-5-14;7-5-1-3-6(8)4-2-5/h1-7,15H,8-13H2;1-4,8H. The number of ether oxygens (including phenoxy) is 3. The van der Waals surface area contributed by atoms with Gasteiger partial charge in [0.25, 0.3) is 0 Å². The Kier molecular flexibility index (Phi) is 9.81. The van der Waals surface area contributed by atoms with Crippen LogP contribution in [0.3, 0.4) is 0 Å². The Morgan fingerprint density at radius 2 is 1.59 bits per heavy atom. The van der Waals surface area contributed by atoms with E-state index in [0.717, 1.165) is 27.6 Å². The lowest BCUT2D eigenvalue weighted by atomic mass is 9.97. The van der Waals surface area contributed by atoms with E-state index in [0.29, 0.717) is 45.0 Å². The Hall–Kier alpha value is -2.12. The van der Waals surface area contributed by atoms with Crippen LogP contribution in [0.1, 0.15) is 11.1 Å². The summed E-state index contributed by atoms with van der Waals surface area (Å²) >= 11 is 9.65. The Morgan fingerprint density at radius 3 is 2.31 bits per heavy atom. The van der Waals surface area contributed by atoms with Crippen LogP contribution in [0.25, 0.3) is 0 Å². The highest BCUT2D eigenvalue weighted by molar-refractivity contribution is 7.80. The number of fused-ring (bicyclic) bond motifs is 1. The van der Waals surface area contributed by atoms with E-state index in [1.54, 1.807) is 0 Å². The maximum atomic E-state index is 13.8. The SMILES string of the molecule is Fc1ccc(F)c2c1CC(COCCOCc1ccccc1)CO2.Sc1ccc(Cl)cc1. The molecule has 32 heavy (non-hydrogen) atoms. The van der Waals surface area contributed by atoms with Crippen LogP contribution in [-0.4, -0.2) is 26.4 Å². The first-order chi connectivity index (χ1) is 15.5.